The molecule has 0 atom stereocenters. The van der Waals surface area contributed by atoms with Crippen LogP contribution in [0.25, 0.3) is 11.1 Å². The number of amides is 1. The molecule has 0 bridgehead atoms. The largest absolute Gasteiger partial charge is 0.310 e. The lowest BCUT2D eigenvalue weighted by atomic mass is 10.0. The minimum absolute atomic E-state index is 0.0746. The third-order valence-corrected chi connectivity index (χ3v) is 6.08. The highest BCUT2D eigenvalue weighted by Gasteiger charge is 2.27. The first kappa shape index (κ1) is 19.2. The fourth-order valence-corrected chi connectivity index (χ4v) is 4.63. The van der Waals surface area contributed by atoms with Crippen molar-refractivity contribution < 1.29 is 18.0 Å². The molecule has 8 nitrogen and oxygen atoms in total. The Bertz CT molecular complexity index is 1040. The van der Waals surface area contributed by atoms with Crippen molar-refractivity contribution in [3.05, 3.63) is 29.5 Å². The summed E-state index contributed by atoms with van der Waals surface area (Å²) in [5, 5.41) is 6.97. The van der Waals surface area contributed by atoms with Crippen LogP contribution in [0.5, 0.6) is 0 Å². The van der Waals surface area contributed by atoms with Crippen LogP contribution in [-0.4, -0.2) is 36.1 Å². The van der Waals surface area contributed by atoms with Gasteiger partial charge in [0.15, 0.2) is 0 Å². The Morgan fingerprint density at radius 3 is 2.56 bits per heavy atom. The minimum Gasteiger partial charge on any atom is -0.310 e. The molecule has 0 spiro atoms. The number of rotatable bonds is 4. The van der Waals surface area contributed by atoms with E-state index in [2.05, 4.69) is 15.1 Å². The van der Waals surface area contributed by atoms with E-state index < -0.39 is 10.0 Å². The molecule has 0 fully saturated rings. The van der Waals surface area contributed by atoms with Crippen LogP contribution in [0, 0.1) is 13.8 Å². The molecule has 3 rings (SSSR count). The van der Waals surface area contributed by atoms with E-state index in [0.29, 0.717) is 22.4 Å². The summed E-state index contributed by atoms with van der Waals surface area (Å²) >= 11 is 0. The van der Waals surface area contributed by atoms with E-state index in [1.165, 1.54) is 4.68 Å². The van der Waals surface area contributed by atoms with Crippen molar-refractivity contribution in [3.63, 3.8) is 0 Å². The van der Waals surface area contributed by atoms with Crippen LogP contribution < -0.4 is 10.0 Å². The number of aryl methyl sites for hydroxylation is 2. The van der Waals surface area contributed by atoms with E-state index in [9.17, 15) is 18.0 Å². The SMILES string of the molecule is Cc1ccc(-c2c(C)nn3c2NC(=O)CCC3=O)cc1S(=O)(=O)NC(C)C. The van der Waals surface area contributed by atoms with Gasteiger partial charge in [0.25, 0.3) is 0 Å². The van der Waals surface area contributed by atoms with Crippen LogP contribution >= 0.6 is 0 Å². The average Bonchev–Trinajstić information content (AvgIpc) is 2.81. The molecule has 2 heterocycles. The van der Waals surface area contributed by atoms with Gasteiger partial charge in [0, 0.05) is 24.4 Å². The molecule has 1 aliphatic heterocycles. The molecule has 144 valence electrons. The number of anilines is 1. The van der Waals surface area contributed by atoms with E-state index >= 15 is 0 Å². The zero-order valence-corrected chi connectivity index (χ0v) is 16.5. The molecular weight excluding hydrogens is 368 g/mol. The van der Waals surface area contributed by atoms with Crippen LogP contribution in [0.4, 0.5) is 5.82 Å². The molecule has 1 aromatic heterocycles. The monoisotopic (exact) mass is 390 g/mol. The lowest BCUT2D eigenvalue weighted by Crippen LogP contribution is -2.30. The maximum Gasteiger partial charge on any atom is 0.249 e. The molecule has 27 heavy (non-hydrogen) atoms. The molecule has 1 amide bonds. The second-order valence-electron chi connectivity index (χ2n) is 6.92. The normalized spacial score (nSPS) is 14.9. The summed E-state index contributed by atoms with van der Waals surface area (Å²) in [6.07, 6.45) is 0.164. The van der Waals surface area contributed by atoms with E-state index in [1.54, 1.807) is 45.9 Å². The maximum absolute atomic E-state index is 12.7. The maximum atomic E-state index is 12.7. The molecule has 2 aromatic rings. The predicted octanol–water partition coefficient (Wildman–Crippen LogP) is 2.23. The van der Waals surface area contributed by atoms with Gasteiger partial charge < -0.3 is 5.32 Å². The molecule has 2 N–H and O–H groups in total. The van der Waals surface area contributed by atoms with E-state index in [1.807, 2.05) is 0 Å². The number of benzene rings is 1. The van der Waals surface area contributed by atoms with Gasteiger partial charge in [0.2, 0.25) is 21.8 Å². The number of nitrogens with zero attached hydrogens (tertiary/aromatic N) is 2. The number of hydrogen-bond donors (Lipinski definition) is 2. The van der Waals surface area contributed by atoms with Crippen molar-refractivity contribution in [3.8, 4) is 11.1 Å². The molecule has 0 radical (unpaired) electrons. The van der Waals surface area contributed by atoms with Crippen molar-refractivity contribution >= 4 is 27.7 Å². The Morgan fingerprint density at radius 1 is 1.19 bits per heavy atom. The molecule has 0 aliphatic carbocycles. The first-order valence-electron chi connectivity index (χ1n) is 8.66. The molecule has 0 saturated heterocycles. The third kappa shape index (κ3) is 3.65. The number of carbonyl (C=O) groups is 2. The van der Waals surface area contributed by atoms with E-state index in [0.717, 1.165) is 0 Å². The predicted molar refractivity (Wildman–Crippen MR) is 101 cm³/mol. The summed E-state index contributed by atoms with van der Waals surface area (Å²) in [4.78, 5) is 24.4. The fourth-order valence-electron chi connectivity index (χ4n) is 3.11. The molecule has 0 saturated carbocycles. The lowest BCUT2D eigenvalue weighted by Gasteiger charge is -2.14. The van der Waals surface area contributed by atoms with Gasteiger partial charge in [-0.1, -0.05) is 12.1 Å². The quantitative estimate of drug-likeness (QED) is 0.832. The van der Waals surface area contributed by atoms with Crippen molar-refractivity contribution in [2.24, 2.45) is 0 Å². The molecule has 9 heteroatoms. The van der Waals surface area contributed by atoms with E-state index in [4.69, 9.17) is 0 Å². The van der Waals surface area contributed by atoms with Crippen molar-refractivity contribution in [2.45, 2.75) is 51.5 Å². The molecule has 0 unspecified atom stereocenters. The highest BCUT2D eigenvalue weighted by molar-refractivity contribution is 7.89. The Kier molecular flexibility index (Phi) is 4.92. The van der Waals surface area contributed by atoms with Gasteiger partial charge in [0.1, 0.15) is 5.82 Å². The minimum atomic E-state index is -3.70. The number of fused-ring (bicyclic) bond motifs is 1. The second-order valence-corrected chi connectivity index (χ2v) is 8.60. The zero-order valence-electron chi connectivity index (χ0n) is 15.7. The van der Waals surface area contributed by atoms with Gasteiger partial charge in [0.05, 0.1) is 10.6 Å². The highest BCUT2D eigenvalue weighted by atomic mass is 32.2. The van der Waals surface area contributed by atoms with Gasteiger partial charge in [-0.05, 0) is 44.9 Å². The number of nitrogens with one attached hydrogen (secondary N) is 2. The molecule has 1 aromatic carbocycles. The van der Waals surface area contributed by atoms with Crippen molar-refractivity contribution in [1.82, 2.24) is 14.5 Å². The second kappa shape index (κ2) is 6.90. The summed E-state index contributed by atoms with van der Waals surface area (Å²) in [5.74, 6) is -0.271. The number of aromatic nitrogens is 2. The average molecular weight is 390 g/mol. The van der Waals surface area contributed by atoms with Crippen molar-refractivity contribution in [1.29, 1.82) is 0 Å². The summed E-state index contributed by atoms with van der Waals surface area (Å²) in [6, 6.07) is 4.76. The molecule has 1 aliphatic rings. The topological polar surface area (TPSA) is 110 Å². The van der Waals surface area contributed by atoms with Gasteiger partial charge in [-0.3, -0.25) is 9.59 Å². The van der Waals surface area contributed by atoms with Gasteiger partial charge in [-0.25, -0.2) is 13.1 Å². The smallest absolute Gasteiger partial charge is 0.249 e. The number of carbonyl (C=O) groups excluding carboxylic acids is 2. The Morgan fingerprint density at radius 2 is 1.89 bits per heavy atom. The van der Waals surface area contributed by atoms with Crippen LogP contribution in [-0.2, 0) is 14.8 Å². The fraction of sp³-hybridized carbons (Fsp3) is 0.389. The van der Waals surface area contributed by atoms with Crippen LogP contribution in [0.2, 0.25) is 0 Å². The third-order valence-electron chi connectivity index (χ3n) is 4.28. The summed E-state index contributed by atoms with van der Waals surface area (Å²) in [5.41, 5.74) is 2.24. The van der Waals surface area contributed by atoms with Crippen LogP contribution in [0.15, 0.2) is 23.1 Å². The zero-order chi connectivity index (χ0) is 19.9. The highest BCUT2D eigenvalue weighted by Crippen LogP contribution is 2.35. The number of sulfonamides is 1. The van der Waals surface area contributed by atoms with Gasteiger partial charge in [-0.2, -0.15) is 9.78 Å². The standard InChI is InChI=1S/C18H22N4O4S/c1-10(2)21-27(25,26)14-9-13(6-5-11(14)3)17-12(4)20-22-16(24)8-7-15(23)19-18(17)22/h5-6,9-10,21H,7-8H2,1-4H3,(H,19,23). The first-order valence-corrected chi connectivity index (χ1v) is 10.1. The molecular formula is C18H22N4O4S. The summed E-state index contributed by atoms with van der Waals surface area (Å²) in [6.45, 7) is 6.94. The van der Waals surface area contributed by atoms with Gasteiger partial charge >= 0.3 is 0 Å². The Hall–Kier alpha value is -2.52. The van der Waals surface area contributed by atoms with Crippen LogP contribution in [0.1, 0.15) is 42.7 Å². The summed E-state index contributed by atoms with van der Waals surface area (Å²) < 4.78 is 29.1. The lowest BCUT2D eigenvalue weighted by molar-refractivity contribution is -0.116. The first-order chi connectivity index (χ1) is 12.6. The number of hydrogen-bond acceptors (Lipinski definition) is 5. The van der Waals surface area contributed by atoms with E-state index in [-0.39, 0.29) is 41.4 Å². The summed E-state index contributed by atoms with van der Waals surface area (Å²) in [7, 11) is -3.70. The van der Waals surface area contributed by atoms with Crippen molar-refractivity contribution in [2.75, 3.05) is 5.32 Å². The Labute approximate surface area is 158 Å². The Balaban J connectivity index is 2.18. The van der Waals surface area contributed by atoms with Crippen LogP contribution in [0.3, 0.4) is 0 Å². The van der Waals surface area contributed by atoms with Gasteiger partial charge in [-0.15, -0.1) is 0 Å².